The molecule has 0 spiro atoms. The van der Waals surface area contributed by atoms with Crippen molar-refractivity contribution in [2.45, 2.75) is 19.0 Å². The highest BCUT2D eigenvalue weighted by Gasteiger charge is 2.31. The molecule has 0 amide bonds. The number of thiocarbonyl (C=S) groups is 1. The Labute approximate surface area is 116 Å². The summed E-state index contributed by atoms with van der Waals surface area (Å²) in [4.78, 5) is 1.52. The van der Waals surface area contributed by atoms with E-state index in [4.69, 9.17) is 18.0 Å². The molecule has 0 radical (unpaired) electrons. The highest BCUT2D eigenvalue weighted by atomic mass is 32.1. The summed E-state index contributed by atoms with van der Waals surface area (Å²) in [6.45, 7) is 1.21. The van der Waals surface area contributed by atoms with Crippen molar-refractivity contribution in [3.63, 3.8) is 0 Å². The van der Waals surface area contributed by atoms with Gasteiger partial charge in [-0.15, -0.1) is 0 Å². The van der Waals surface area contributed by atoms with E-state index in [0.717, 1.165) is 5.56 Å². The van der Waals surface area contributed by atoms with Crippen molar-refractivity contribution in [2.75, 3.05) is 19.6 Å². The third-order valence-corrected chi connectivity index (χ3v) is 3.12. The van der Waals surface area contributed by atoms with Crippen molar-refractivity contribution in [1.82, 2.24) is 4.90 Å². The maximum absolute atomic E-state index is 12.4. The van der Waals surface area contributed by atoms with Gasteiger partial charge >= 0.3 is 6.18 Å². The molecule has 0 aliphatic rings. The Bertz CT molecular complexity index is 406. The maximum atomic E-state index is 12.4. The minimum absolute atomic E-state index is 0.176. The number of halogens is 3. The van der Waals surface area contributed by atoms with E-state index in [1.165, 1.54) is 4.90 Å². The fourth-order valence-electron chi connectivity index (χ4n) is 1.86. The molecule has 106 valence electrons. The number of rotatable bonds is 6. The van der Waals surface area contributed by atoms with Crippen LogP contribution in [0, 0.1) is 0 Å². The first-order valence-electron chi connectivity index (χ1n) is 5.97. The SMILES string of the molecule is CCN(CC(C(N)=S)c1ccccc1)CC(F)(F)F. The molecule has 0 aliphatic heterocycles. The van der Waals surface area contributed by atoms with Crippen molar-refractivity contribution in [1.29, 1.82) is 0 Å². The Morgan fingerprint density at radius 3 is 2.32 bits per heavy atom. The number of hydrogen-bond donors (Lipinski definition) is 1. The third-order valence-electron chi connectivity index (χ3n) is 2.84. The van der Waals surface area contributed by atoms with Gasteiger partial charge in [-0.1, -0.05) is 49.5 Å². The second kappa shape index (κ2) is 6.86. The Morgan fingerprint density at radius 1 is 1.32 bits per heavy atom. The Morgan fingerprint density at radius 2 is 1.89 bits per heavy atom. The third kappa shape index (κ3) is 5.57. The van der Waals surface area contributed by atoms with Gasteiger partial charge in [-0.25, -0.2) is 0 Å². The average Bonchev–Trinajstić information content (AvgIpc) is 2.33. The van der Waals surface area contributed by atoms with Crippen LogP contribution in [0.2, 0.25) is 0 Å². The lowest BCUT2D eigenvalue weighted by molar-refractivity contribution is -0.145. The van der Waals surface area contributed by atoms with Crippen molar-refractivity contribution in [3.8, 4) is 0 Å². The molecule has 2 nitrogen and oxygen atoms in total. The first kappa shape index (κ1) is 15.9. The van der Waals surface area contributed by atoms with Crippen LogP contribution in [-0.4, -0.2) is 35.7 Å². The standard InChI is InChI=1S/C13H17F3N2S/c1-2-18(9-13(14,15)16)8-11(12(17)19)10-6-4-3-5-7-10/h3-7,11H,2,8-9H2,1H3,(H2,17,19). The van der Waals surface area contributed by atoms with Crippen molar-refractivity contribution >= 4 is 17.2 Å². The number of benzene rings is 1. The van der Waals surface area contributed by atoms with Crippen molar-refractivity contribution < 1.29 is 13.2 Å². The molecule has 1 aromatic rings. The van der Waals surface area contributed by atoms with Crippen LogP contribution in [-0.2, 0) is 0 Å². The van der Waals surface area contributed by atoms with E-state index in [1.54, 1.807) is 6.92 Å². The molecule has 2 N–H and O–H groups in total. The van der Waals surface area contributed by atoms with Crippen LogP contribution in [0.3, 0.4) is 0 Å². The van der Waals surface area contributed by atoms with E-state index in [2.05, 4.69) is 0 Å². The van der Waals surface area contributed by atoms with Crippen LogP contribution in [0.25, 0.3) is 0 Å². The number of alkyl halides is 3. The fraction of sp³-hybridized carbons (Fsp3) is 0.462. The first-order chi connectivity index (χ1) is 8.83. The van der Waals surface area contributed by atoms with Gasteiger partial charge in [0, 0.05) is 12.5 Å². The zero-order chi connectivity index (χ0) is 14.5. The van der Waals surface area contributed by atoms with E-state index in [-0.39, 0.29) is 17.5 Å². The Hall–Kier alpha value is -1.14. The predicted octanol–water partition coefficient (Wildman–Crippen LogP) is 2.94. The highest BCUT2D eigenvalue weighted by molar-refractivity contribution is 7.80. The van der Waals surface area contributed by atoms with Gasteiger partial charge < -0.3 is 5.73 Å². The Kier molecular flexibility index (Phi) is 5.75. The van der Waals surface area contributed by atoms with E-state index >= 15 is 0 Å². The number of nitrogens with two attached hydrogens (primary N) is 1. The van der Waals surface area contributed by atoms with Crippen LogP contribution >= 0.6 is 12.2 Å². The second-order valence-corrected chi connectivity index (χ2v) is 4.78. The largest absolute Gasteiger partial charge is 0.401 e. The predicted molar refractivity (Wildman–Crippen MR) is 74.1 cm³/mol. The van der Waals surface area contributed by atoms with Crippen molar-refractivity contribution in [3.05, 3.63) is 35.9 Å². The molecule has 1 atom stereocenters. The molecular formula is C13H17F3N2S. The number of nitrogens with zero attached hydrogens (tertiary/aromatic N) is 1. The van der Waals surface area contributed by atoms with E-state index in [1.807, 2.05) is 30.3 Å². The summed E-state index contributed by atoms with van der Waals surface area (Å²) < 4.78 is 37.3. The van der Waals surface area contributed by atoms with Gasteiger partial charge in [0.25, 0.3) is 0 Å². The zero-order valence-corrected chi connectivity index (χ0v) is 11.5. The highest BCUT2D eigenvalue weighted by Crippen LogP contribution is 2.21. The molecule has 0 aliphatic carbocycles. The van der Waals surface area contributed by atoms with Gasteiger partial charge in [0.2, 0.25) is 0 Å². The van der Waals surface area contributed by atoms with Gasteiger partial charge in [0.15, 0.2) is 0 Å². The Balaban J connectivity index is 2.81. The lowest BCUT2D eigenvalue weighted by atomic mass is 9.98. The topological polar surface area (TPSA) is 29.3 Å². The van der Waals surface area contributed by atoms with Gasteiger partial charge in [0.05, 0.1) is 11.5 Å². The van der Waals surface area contributed by atoms with Crippen molar-refractivity contribution in [2.24, 2.45) is 5.73 Å². The van der Waals surface area contributed by atoms with Crippen LogP contribution < -0.4 is 5.73 Å². The smallest absolute Gasteiger partial charge is 0.393 e. The summed E-state index contributed by atoms with van der Waals surface area (Å²) in [6.07, 6.45) is -4.21. The molecule has 1 aromatic carbocycles. The second-order valence-electron chi connectivity index (χ2n) is 4.31. The lowest BCUT2D eigenvalue weighted by Gasteiger charge is -2.27. The summed E-state index contributed by atoms with van der Waals surface area (Å²) in [5, 5.41) is 0. The maximum Gasteiger partial charge on any atom is 0.401 e. The summed E-state index contributed by atoms with van der Waals surface area (Å²) in [6, 6.07) is 9.13. The van der Waals surface area contributed by atoms with E-state index < -0.39 is 12.7 Å². The normalized spacial score (nSPS) is 13.5. The molecule has 0 heterocycles. The van der Waals surface area contributed by atoms with E-state index in [0.29, 0.717) is 6.54 Å². The molecular weight excluding hydrogens is 273 g/mol. The number of likely N-dealkylation sites (N-methyl/N-ethyl adjacent to an activating group) is 1. The number of hydrogen-bond acceptors (Lipinski definition) is 2. The molecule has 0 aromatic heterocycles. The van der Waals surface area contributed by atoms with Gasteiger partial charge in [0.1, 0.15) is 0 Å². The molecule has 1 unspecified atom stereocenters. The van der Waals surface area contributed by atoms with Crippen LogP contribution in [0.1, 0.15) is 18.4 Å². The van der Waals surface area contributed by atoms with Crippen LogP contribution in [0.15, 0.2) is 30.3 Å². The van der Waals surface area contributed by atoms with Gasteiger partial charge in [-0.2, -0.15) is 13.2 Å². The summed E-state index contributed by atoms with van der Waals surface area (Å²) in [5.74, 6) is -0.363. The minimum atomic E-state index is -4.21. The van der Waals surface area contributed by atoms with E-state index in [9.17, 15) is 13.2 Å². The first-order valence-corrected chi connectivity index (χ1v) is 6.37. The molecule has 0 saturated carbocycles. The average molecular weight is 290 g/mol. The summed E-state index contributed by atoms with van der Waals surface area (Å²) in [7, 11) is 0. The quantitative estimate of drug-likeness (QED) is 0.817. The molecule has 0 fully saturated rings. The van der Waals surface area contributed by atoms with Crippen LogP contribution in [0.4, 0.5) is 13.2 Å². The van der Waals surface area contributed by atoms with Gasteiger partial charge in [-0.05, 0) is 12.1 Å². The molecule has 0 saturated heterocycles. The summed E-state index contributed by atoms with van der Waals surface area (Å²) >= 11 is 4.98. The summed E-state index contributed by atoms with van der Waals surface area (Å²) in [5.41, 5.74) is 6.50. The minimum Gasteiger partial charge on any atom is -0.393 e. The molecule has 6 heteroatoms. The fourth-order valence-corrected chi connectivity index (χ4v) is 2.07. The van der Waals surface area contributed by atoms with Crippen LogP contribution in [0.5, 0.6) is 0 Å². The molecule has 1 rings (SSSR count). The zero-order valence-electron chi connectivity index (χ0n) is 10.7. The monoisotopic (exact) mass is 290 g/mol. The van der Waals surface area contributed by atoms with Gasteiger partial charge in [-0.3, -0.25) is 4.90 Å². The molecule has 0 bridgehead atoms. The lowest BCUT2D eigenvalue weighted by Crippen LogP contribution is -2.39. The molecule has 19 heavy (non-hydrogen) atoms.